The molecule has 2 amide bonds. The van der Waals surface area contributed by atoms with Gasteiger partial charge in [-0.15, -0.1) is 0 Å². The van der Waals surface area contributed by atoms with E-state index in [1.807, 2.05) is 35.2 Å². The molecule has 1 saturated carbocycles. The zero-order chi connectivity index (χ0) is 13.2. The molecule has 19 heavy (non-hydrogen) atoms. The maximum absolute atomic E-state index is 12.1. The van der Waals surface area contributed by atoms with Crippen molar-refractivity contribution in [2.75, 3.05) is 6.54 Å². The molecule has 2 aliphatic rings. The van der Waals surface area contributed by atoms with E-state index in [1.165, 1.54) is 0 Å². The Hall–Kier alpha value is -1.84. The Morgan fingerprint density at radius 2 is 2.00 bits per heavy atom. The second-order valence-corrected chi connectivity index (χ2v) is 5.38. The van der Waals surface area contributed by atoms with E-state index in [1.54, 1.807) is 0 Å². The lowest BCUT2D eigenvalue weighted by atomic mass is 10.1. The normalized spacial score (nSPS) is 22.6. The Labute approximate surface area is 112 Å². The number of nitrogens with zero attached hydrogens (tertiary/aromatic N) is 1. The average Bonchev–Trinajstić information content (AvgIpc) is 3.20. The van der Waals surface area contributed by atoms with Gasteiger partial charge in [-0.25, -0.2) is 0 Å². The van der Waals surface area contributed by atoms with Crippen LogP contribution >= 0.6 is 0 Å². The van der Waals surface area contributed by atoms with Crippen LogP contribution in [0.5, 0.6) is 0 Å². The summed E-state index contributed by atoms with van der Waals surface area (Å²) in [4.78, 5) is 25.7. The molecule has 1 aliphatic carbocycles. The van der Waals surface area contributed by atoms with Crippen molar-refractivity contribution in [1.82, 2.24) is 10.2 Å². The van der Waals surface area contributed by atoms with Crippen molar-refractivity contribution in [2.24, 2.45) is 5.92 Å². The molecule has 0 radical (unpaired) electrons. The number of carbonyl (C=O) groups is 2. The van der Waals surface area contributed by atoms with Crippen molar-refractivity contribution < 1.29 is 9.59 Å². The van der Waals surface area contributed by atoms with Crippen molar-refractivity contribution in [2.45, 2.75) is 31.8 Å². The number of nitrogens with one attached hydrogen (secondary N) is 1. The topological polar surface area (TPSA) is 49.4 Å². The van der Waals surface area contributed by atoms with Crippen LogP contribution in [0.25, 0.3) is 0 Å². The van der Waals surface area contributed by atoms with E-state index < -0.39 is 0 Å². The van der Waals surface area contributed by atoms with Crippen molar-refractivity contribution in [3.63, 3.8) is 0 Å². The molecular weight excluding hydrogens is 240 g/mol. The second kappa shape index (κ2) is 5.03. The van der Waals surface area contributed by atoms with Crippen LogP contribution in [0.15, 0.2) is 30.3 Å². The van der Waals surface area contributed by atoms with E-state index in [9.17, 15) is 9.59 Å². The van der Waals surface area contributed by atoms with Crippen LogP contribution in [0, 0.1) is 5.92 Å². The molecule has 1 saturated heterocycles. The molecule has 0 unspecified atom stereocenters. The minimum Gasteiger partial charge on any atom is -0.352 e. The number of hydrogen-bond donors (Lipinski definition) is 1. The van der Waals surface area contributed by atoms with Gasteiger partial charge < -0.3 is 10.2 Å². The van der Waals surface area contributed by atoms with E-state index in [0.717, 1.165) is 18.4 Å². The zero-order valence-electron chi connectivity index (χ0n) is 10.8. The highest BCUT2D eigenvalue weighted by atomic mass is 16.2. The first-order valence-corrected chi connectivity index (χ1v) is 6.85. The molecule has 100 valence electrons. The maximum Gasteiger partial charge on any atom is 0.225 e. The fourth-order valence-electron chi connectivity index (χ4n) is 2.58. The molecule has 0 aromatic heterocycles. The first-order chi connectivity index (χ1) is 9.24. The zero-order valence-corrected chi connectivity index (χ0v) is 10.8. The van der Waals surface area contributed by atoms with Gasteiger partial charge in [-0.05, 0) is 18.4 Å². The summed E-state index contributed by atoms with van der Waals surface area (Å²) in [5.41, 5.74) is 1.08. The first kappa shape index (κ1) is 12.2. The van der Waals surface area contributed by atoms with Gasteiger partial charge in [-0.2, -0.15) is 0 Å². The highest BCUT2D eigenvalue weighted by molar-refractivity contribution is 5.89. The number of carbonyl (C=O) groups excluding carboxylic acids is 2. The van der Waals surface area contributed by atoms with Gasteiger partial charge in [0.1, 0.15) is 0 Å². The summed E-state index contributed by atoms with van der Waals surface area (Å²) in [6.07, 6.45) is 2.57. The van der Waals surface area contributed by atoms with Crippen molar-refractivity contribution in [3.8, 4) is 0 Å². The molecule has 1 aliphatic heterocycles. The fraction of sp³-hybridized carbons (Fsp3) is 0.467. The largest absolute Gasteiger partial charge is 0.352 e. The van der Waals surface area contributed by atoms with Crippen LogP contribution in [-0.2, 0) is 16.1 Å². The van der Waals surface area contributed by atoms with Gasteiger partial charge in [0.25, 0.3) is 0 Å². The number of benzene rings is 1. The molecule has 1 N–H and O–H groups in total. The van der Waals surface area contributed by atoms with E-state index in [2.05, 4.69) is 5.32 Å². The number of likely N-dealkylation sites (tertiary alicyclic amines) is 1. The van der Waals surface area contributed by atoms with Crippen LogP contribution in [0.1, 0.15) is 24.8 Å². The summed E-state index contributed by atoms with van der Waals surface area (Å²) in [5.74, 6) is -0.0282. The molecule has 0 bridgehead atoms. The molecule has 1 heterocycles. The summed E-state index contributed by atoms with van der Waals surface area (Å²) in [5, 5.41) is 2.92. The minimum absolute atomic E-state index is 0.000327. The van der Waals surface area contributed by atoms with E-state index >= 15 is 0 Å². The number of amides is 2. The highest BCUT2D eigenvalue weighted by Crippen LogP contribution is 2.32. The quantitative estimate of drug-likeness (QED) is 0.885. The average molecular weight is 258 g/mol. The number of rotatable bonds is 4. The highest BCUT2D eigenvalue weighted by Gasteiger charge is 2.41. The Morgan fingerprint density at radius 1 is 1.26 bits per heavy atom. The Bertz CT molecular complexity index is 482. The van der Waals surface area contributed by atoms with Gasteiger partial charge in [-0.3, -0.25) is 9.59 Å². The maximum atomic E-state index is 12.1. The summed E-state index contributed by atoms with van der Waals surface area (Å²) < 4.78 is 0. The predicted molar refractivity (Wildman–Crippen MR) is 71.1 cm³/mol. The number of hydrogen-bond acceptors (Lipinski definition) is 2. The van der Waals surface area contributed by atoms with Crippen molar-refractivity contribution >= 4 is 11.8 Å². The molecule has 4 nitrogen and oxygen atoms in total. The van der Waals surface area contributed by atoms with Gasteiger partial charge in [0.15, 0.2) is 0 Å². The third-order valence-corrected chi connectivity index (χ3v) is 3.83. The summed E-state index contributed by atoms with van der Waals surface area (Å²) in [6, 6.07) is 10.2. The molecule has 0 spiro atoms. The van der Waals surface area contributed by atoms with Crippen LogP contribution in [0.3, 0.4) is 0 Å². The van der Waals surface area contributed by atoms with Crippen molar-refractivity contribution in [3.05, 3.63) is 35.9 Å². The third kappa shape index (κ3) is 2.78. The van der Waals surface area contributed by atoms with E-state index in [0.29, 0.717) is 25.6 Å². The lowest BCUT2D eigenvalue weighted by Gasteiger charge is -2.15. The monoisotopic (exact) mass is 258 g/mol. The Morgan fingerprint density at radius 3 is 2.68 bits per heavy atom. The summed E-state index contributed by atoms with van der Waals surface area (Å²) >= 11 is 0. The van der Waals surface area contributed by atoms with Gasteiger partial charge in [0, 0.05) is 25.6 Å². The smallest absolute Gasteiger partial charge is 0.225 e. The molecule has 3 rings (SSSR count). The molecule has 1 atom stereocenters. The van der Waals surface area contributed by atoms with Crippen LogP contribution in [-0.4, -0.2) is 29.3 Å². The summed E-state index contributed by atoms with van der Waals surface area (Å²) in [7, 11) is 0. The molecule has 2 fully saturated rings. The first-order valence-electron chi connectivity index (χ1n) is 6.85. The molecule has 1 aromatic rings. The van der Waals surface area contributed by atoms with Crippen LogP contribution in [0.4, 0.5) is 0 Å². The van der Waals surface area contributed by atoms with Crippen LogP contribution < -0.4 is 5.32 Å². The summed E-state index contributed by atoms with van der Waals surface area (Å²) in [6.45, 7) is 1.14. The minimum atomic E-state index is -0.170. The van der Waals surface area contributed by atoms with E-state index in [-0.39, 0.29) is 17.7 Å². The van der Waals surface area contributed by atoms with Gasteiger partial charge in [0.2, 0.25) is 11.8 Å². The second-order valence-electron chi connectivity index (χ2n) is 5.38. The van der Waals surface area contributed by atoms with Gasteiger partial charge in [0.05, 0.1) is 5.92 Å². The van der Waals surface area contributed by atoms with Gasteiger partial charge >= 0.3 is 0 Å². The molecule has 4 heteroatoms. The third-order valence-electron chi connectivity index (χ3n) is 3.83. The fourth-order valence-corrected chi connectivity index (χ4v) is 2.58. The van der Waals surface area contributed by atoms with E-state index in [4.69, 9.17) is 0 Å². The predicted octanol–water partition coefficient (Wildman–Crippen LogP) is 1.31. The Kier molecular flexibility index (Phi) is 3.23. The molecule has 1 aromatic carbocycles. The van der Waals surface area contributed by atoms with Crippen LogP contribution in [0.2, 0.25) is 0 Å². The Balaban J connectivity index is 1.52. The lowest BCUT2D eigenvalue weighted by molar-refractivity contribution is -0.129. The SMILES string of the molecule is O=C(NCc1ccccc1)[C@@H]1CC(=O)N(C2CC2)C1. The lowest BCUT2D eigenvalue weighted by Crippen LogP contribution is -2.33. The van der Waals surface area contributed by atoms with Crippen molar-refractivity contribution in [1.29, 1.82) is 0 Å². The standard InChI is InChI=1S/C15H18N2O2/c18-14-8-12(10-17(14)13-6-7-13)15(19)16-9-11-4-2-1-3-5-11/h1-5,12-13H,6-10H2,(H,16,19)/t12-/m1/s1. The van der Waals surface area contributed by atoms with Gasteiger partial charge in [-0.1, -0.05) is 30.3 Å². The molecular formula is C15H18N2O2.